The zero-order chi connectivity index (χ0) is 19.8. The highest BCUT2D eigenvalue weighted by molar-refractivity contribution is 6.31. The summed E-state index contributed by atoms with van der Waals surface area (Å²) in [5, 5.41) is 3.81. The summed E-state index contributed by atoms with van der Waals surface area (Å²) in [6, 6.07) is 20.3. The van der Waals surface area contributed by atoms with Gasteiger partial charge in [-0.2, -0.15) is 0 Å². The topological polar surface area (TPSA) is 30.5 Å². The van der Waals surface area contributed by atoms with Gasteiger partial charge in [0.1, 0.15) is 23.9 Å². The first-order valence-electron chi connectivity index (χ1n) is 9.14. The fourth-order valence-electron chi connectivity index (χ4n) is 2.91. The van der Waals surface area contributed by atoms with Crippen molar-refractivity contribution in [1.29, 1.82) is 0 Å². The lowest BCUT2D eigenvalue weighted by Crippen LogP contribution is -2.17. The van der Waals surface area contributed by atoms with Crippen molar-refractivity contribution >= 4 is 11.6 Å². The SMILES string of the molecule is COc1ccccc1CCNCc1cccc(OCc2ccc(F)cc2Cl)c1. The quantitative estimate of drug-likeness (QED) is 0.489. The Bertz CT molecular complexity index is 917. The maximum Gasteiger partial charge on any atom is 0.124 e. The first kappa shape index (κ1) is 20.2. The number of nitrogens with one attached hydrogen (secondary N) is 1. The fraction of sp³-hybridized carbons (Fsp3) is 0.217. The number of methoxy groups -OCH3 is 1. The molecule has 0 aliphatic rings. The normalized spacial score (nSPS) is 10.7. The van der Waals surface area contributed by atoms with Crippen molar-refractivity contribution in [2.75, 3.05) is 13.7 Å². The first-order chi connectivity index (χ1) is 13.7. The van der Waals surface area contributed by atoms with Crippen molar-refractivity contribution in [2.24, 2.45) is 0 Å². The molecule has 0 atom stereocenters. The van der Waals surface area contributed by atoms with Gasteiger partial charge in [0, 0.05) is 12.1 Å². The molecule has 3 rings (SSSR count). The molecule has 3 aromatic carbocycles. The van der Waals surface area contributed by atoms with Gasteiger partial charge < -0.3 is 14.8 Å². The second-order valence-corrected chi connectivity index (χ2v) is 6.82. The molecule has 1 N–H and O–H groups in total. The number of halogens is 2. The molecular weight excluding hydrogens is 377 g/mol. The fourth-order valence-corrected chi connectivity index (χ4v) is 3.13. The summed E-state index contributed by atoms with van der Waals surface area (Å²) >= 11 is 6.04. The second kappa shape index (κ2) is 10.1. The van der Waals surface area contributed by atoms with E-state index >= 15 is 0 Å². The molecule has 0 spiro atoms. The average Bonchev–Trinajstić information content (AvgIpc) is 2.71. The predicted molar refractivity (Wildman–Crippen MR) is 111 cm³/mol. The summed E-state index contributed by atoms with van der Waals surface area (Å²) in [5.41, 5.74) is 3.07. The summed E-state index contributed by atoms with van der Waals surface area (Å²) in [6.07, 6.45) is 0.892. The zero-order valence-electron chi connectivity index (χ0n) is 15.8. The highest BCUT2D eigenvalue weighted by Crippen LogP contribution is 2.21. The molecule has 0 amide bonds. The van der Waals surface area contributed by atoms with Crippen molar-refractivity contribution in [1.82, 2.24) is 5.32 Å². The lowest BCUT2D eigenvalue weighted by atomic mass is 10.1. The minimum Gasteiger partial charge on any atom is -0.496 e. The number of hydrogen-bond donors (Lipinski definition) is 1. The van der Waals surface area contributed by atoms with E-state index in [1.54, 1.807) is 13.2 Å². The highest BCUT2D eigenvalue weighted by Gasteiger charge is 2.05. The molecule has 0 heterocycles. The molecule has 0 bridgehead atoms. The summed E-state index contributed by atoms with van der Waals surface area (Å²) in [4.78, 5) is 0. The minimum atomic E-state index is -0.352. The van der Waals surface area contributed by atoms with Gasteiger partial charge in [-0.15, -0.1) is 0 Å². The van der Waals surface area contributed by atoms with Crippen LogP contribution in [-0.2, 0) is 19.6 Å². The van der Waals surface area contributed by atoms with Crippen LogP contribution in [0.3, 0.4) is 0 Å². The Morgan fingerprint density at radius 1 is 0.964 bits per heavy atom. The Labute approximate surface area is 170 Å². The standard InChI is InChI=1S/C23H23ClFNO2/c1-27-23-8-3-2-6-18(23)11-12-26-15-17-5-4-7-21(13-17)28-16-19-9-10-20(25)14-22(19)24/h2-10,13-14,26H,11-12,15-16H2,1H3. The predicted octanol–water partition coefficient (Wildman–Crippen LogP) is 5.40. The maximum absolute atomic E-state index is 13.1. The highest BCUT2D eigenvalue weighted by atomic mass is 35.5. The van der Waals surface area contributed by atoms with Crippen LogP contribution in [-0.4, -0.2) is 13.7 Å². The molecule has 3 nitrogen and oxygen atoms in total. The van der Waals surface area contributed by atoms with Crippen molar-refractivity contribution in [3.05, 3.63) is 94.3 Å². The minimum absolute atomic E-state index is 0.295. The summed E-state index contributed by atoms with van der Waals surface area (Å²) in [5.74, 6) is 1.32. The molecule has 3 aromatic rings. The van der Waals surface area contributed by atoms with Crippen molar-refractivity contribution in [3.8, 4) is 11.5 Å². The monoisotopic (exact) mass is 399 g/mol. The molecule has 0 fully saturated rings. The average molecular weight is 400 g/mol. The van der Waals surface area contributed by atoms with E-state index < -0.39 is 0 Å². The lowest BCUT2D eigenvalue weighted by molar-refractivity contribution is 0.306. The summed E-state index contributed by atoms with van der Waals surface area (Å²) in [6.45, 7) is 1.88. The molecular formula is C23H23ClFNO2. The molecule has 28 heavy (non-hydrogen) atoms. The van der Waals surface area contributed by atoms with E-state index in [9.17, 15) is 4.39 Å². The van der Waals surface area contributed by atoms with E-state index in [2.05, 4.69) is 11.4 Å². The van der Waals surface area contributed by atoms with E-state index in [0.29, 0.717) is 11.6 Å². The summed E-state index contributed by atoms with van der Waals surface area (Å²) < 4.78 is 24.3. The van der Waals surface area contributed by atoms with Crippen LogP contribution in [0.4, 0.5) is 4.39 Å². The van der Waals surface area contributed by atoms with Gasteiger partial charge >= 0.3 is 0 Å². The number of para-hydroxylation sites is 1. The van der Waals surface area contributed by atoms with Gasteiger partial charge in [0.2, 0.25) is 0 Å². The molecule has 0 aromatic heterocycles. The van der Waals surface area contributed by atoms with E-state index in [0.717, 1.165) is 42.1 Å². The third-order valence-corrected chi connectivity index (χ3v) is 4.75. The number of rotatable bonds is 9. The summed E-state index contributed by atoms with van der Waals surface area (Å²) in [7, 11) is 1.69. The van der Waals surface area contributed by atoms with Crippen LogP contribution in [0.1, 0.15) is 16.7 Å². The van der Waals surface area contributed by atoms with Crippen LogP contribution in [0.2, 0.25) is 5.02 Å². The van der Waals surface area contributed by atoms with E-state index in [4.69, 9.17) is 21.1 Å². The van der Waals surface area contributed by atoms with E-state index in [-0.39, 0.29) is 5.82 Å². The molecule has 0 aliphatic heterocycles. The number of hydrogen-bond acceptors (Lipinski definition) is 3. The van der Waals surface area contributed by atoms with Crippen molar-refractivity contribution < 1.29 is 13.9 Å². The molecule has 0 unspecified atom stereocenters. The van der Waals surface area contributed by atoms with E-state index in [1.807, 2.05) is 42.5 Å². The Morgan fingerprint density at radius 2 is 1.82 bits per heavy atom. The Morgan fingerprint density at radius 3 is 2.64 bits per heavy atom. The molecule has 0 aliphatic carbocycles. The maximum atomic E-state index is 13.1. The van der Waals surface area contributed by atoms with Crippen molar-refractivity contribution in [2.45, 2.75) is 19.6 Å². The third kappa shape index (κ3) is 5.72. The van der Waals surface area contributed by atoms with Crippen LogP contribution >= 0.6 is 11.6 Å². The Balaban J connectivity index is 1.49. The number of benzene rings is 3. The van der Waals surface area contributed by atoms with Crippen LogP contribution in [0.25, 0.3) is 0 Å². The first-order valence-corrected chi connectivity index (χ1v) is 9.52. The lowest BCUT2D eigenvalue weighted by Gasteiger charge is -2.11. The van der Waals surface area contributed by atoms with Crippen LogP contribution < -0.4 is 14.8 Å². The van der Waals surface area contributed by atoms with Gasteiger partial charge in [0.25, 0.3) is 0 Å². The molecule has 0 radical (unpaired) electrons. The zero-order valence-corrected chi connectivity index (χ0v) is 16.5. The van der Waals surface area contributed by atoms with Gasteiger partial charge in [-0.05, 0) is 54.4 Å². The molecule has 0 saturated heterocycles. The van der Waals surface area contributed by atoms with E-state index in [1.165, 1.54) is 17.7 Å². The molecule has 146 valence electrons. The largest absolute Gasteiger partial charge is 0.496 e. The molecule has 0 saturated carbocycles. The number of ether oxygens (including phenoxy) is 2. The van der Waals surface area contributed by atoms with Crippen LogP contribution in [0.5, 0.6) is 11.5 Å². The van der Waals surface area contributed by atoms with Crippen LogP contribution in [0.15, 0.2) is 66.7 Å². The molecule has 5 heteroatoms. The third-order valence-electron chi connectivity index (χ3n) is 4.40. The Hall–Kier alpha value is -2.56. The smallest absolute Gasteiger partial charge is 0.124 e. The van der Waals surface area contributed by atoms with Gasteiger partial charge in [0.15, 0.2) is 0 Å². The van der Waals surface area contributed by atoms with Gasteiger partial charge in [-0.25, -0.2) is 4.39 Å². The van der Waals surface area contributed by atoms with Gasteiger partial charge in [0.05, 0.1) is 12.1 Å². The van der Waals surface area contributed by atoms with Crippen molar-refractivity contribution in [3.63, 3.8) is 0 Å². The van der Waals surface area contributed by atoms with Gasteiger partial charge in [-0.3, -0.25) is 0 Å². The van der Waals surface area contributed by atoms with Gasteiger partial charge in [-0.1, -0.05) is 48.0 Å². The van der Waals surface area contributed by atoms with Crippen LogP contribution in [0, 0.1) is 5.82 Å². The second-order valence-electron chi connectivity index (χ2n) is 6.41. The Kier molecular flexibility index (Phi) is 7.29.